The zero-order valence-corrected chi connectivity index (χ0v) is 17.8. The average Bonchev–Trinajstić information content (AvgIpc) is 3.27. The van der Waals surface area contributed by atoms with Crippen LogP contribution in [0.2, 0.25) is 0 Å². The average molecular weight is 436 g/mol. The largest absolute Gasteiger partial charge is 0.352 e. The Labute approximate surface area is 172 Å². The Morgan fingerprint density at radius 2 is 2.14 bits per heavy atom. The van der Waals surface area contributed by atoms with Crippen LogP contribution in [0, 0.1) is 6.92 Å². The summed E-state index contributed by atoms with van der Waals surface area (Å²) in [6.07, 6.45) is 0.826. The van der Waals surface area contributed by atoms with Crippen LogP contribution in [0.1, 0.15) is 20.8 Å². The third kappa shape index (κ3) is 4.42. The number of carbonyl (C=O) groups is 1. The lowest BCUT2D eigenvalue weighted by atomic mass is 10.2. The molecule has 0 saturated carbocycles. The zero-order valence-electron chi connectivity index (χ0n) is 15.3. The van der Waals surface area contributed by atoms with E-state index in [1.807, 2.05) is 12.1 Å². The smallest absolute Gasteiger partial charge is 0.251 e. The van der Waals surface area contributed by atoms with E-state index >= 15 is 0 Å². The number of hydrogen-bond donors (Lipinski definition) is 2. The maximum Gasteiger partial charge on any atom is 0.251 e. The molecule has 2 aliphatic rings. The van der Waals surface area contributed by atoms with E-state index in [1.165, 1.54) is 22.2 Å². The Morgan fingerprint density at radius 1 is 1.29 bits per heavy atom. The number of aliphatic imine (C=N–C) groups is 1. The van der Waals surface area contributed by atoms with Crippen LogP contribution in [0.15, 0.2) is 40.7 Å². The van der Waals surface area contributed by atoms with Gasteiger partial charge in [-0.05, 0) is 48.6 Å². The molecule has 2 atom stereocenters. The number of anilines is 1. The standard InChI is InChI=1S/C19H21N3O3S3/c1-12-6-8-26-16(12)5-7-20-18(23)13-3-2-4-14(9-13)21-19-22-15-10-28(24,25)11-17(15)27-19/h2-4,6,8-9,15,17H,5,7,10-11H2,1H3,(H,20,23)(H,21,22)/t15-,17-/m1/s1. The maximum atomic E-state index is 12.4. The van der Waals surface area contributed by atoms with Crippen molar-refractivity contribution >= 4 is 49.7 Å². The molecule has 0 bridgehead atoms. The molecule has 0 aliphatic carbocycles. The highest BCUT2D eigenvalue weighted by atomic mass is 32.2. The van der Waals surface area contributed by atoms with Gasteiger partial charge in [0.15, 0.2) is 15.0 Å². The lowest BCUT2D eigenvalue weighted by Crippen LogP contribution is -2.25. The number of amides is 1. The number of thiophene rings is 1. The van der Waals surface area contributed by atoms with E-state index in [1.54, 1.807) is 23.5 Å². The number of benzene rings is 1. The first-order valence-electron chi connectivity index (χ1n) is 9.03. The molecule has 28 heavy (non-hydrogen) atoms. The lowest BCUT2D eigenvalue weighted by molar-refractivity contribution is 0.0954. The minimum atomic E-state index is -2.96. The number of carbonyl (C=O) groups excluding carboxylic acids is 1. The SMILES string of the molecule is Cc1ccsc1CCNC(=O)c1cccc(NC2=N[C@@H]3CS(=O)(=O)C[C@H]3S2)c1. The normalized spacial score (nSPS) is 22.5. The Balaban J connectivity index is 1.34. The summed E-state index contributed by atoms with van der Waals surface area (Å²) in [5.41, 5.74) is 2.62. The van der Waals surface area contributed by atoms with E-state index < -0.39 is 9.84 Å². The van der Waals surface area contributed by atoms with Crippen LogP contribution in [0.5, 0.6) is 0 Å². The molecule has 1 aromatic carbocycles. The van der Waals surface area contributed by atoms with Gasteiger partial charge in [0.2, 0.25) is 0 Å². The van der Waals surface area contributed by atoms with Gasteiger partial charge in [-0.2, -0.15) is 0 Å². The number of nitrogens with zero attached hydrogens (tertiary/aromatic N) is 1. The van der Waals surface area contributed by atoms with Crippen LogP contribution < -0.4 is 10.6 Å². The molecule has 0 radical (unpaired) electrons. The van der Waals surface area contributed by atoms with Gasteiger partial charge in [-0.3, -0.25) is 9.79 Å². The summed E-state index contributed by atoms with van der Waals surface area (Å²) in [6.45, 7) is 2.67. The quantitative estimate of drug-likeness (QED) is 0.754. The molecule has 3 heterocycles. The molecule has 2 N–H and O–H groups in total. The van der Waals surface area contributed by atoms with Crippen LogP contribution in [-0.2, 0) is 16.3 Å². The monoisotopic (exact) mass is 435 g/mol. The van der Waals surface area contributed by atoms with Gasteiger partial charge in [0.1, 0.15) is 0 Å². The Morgan fingerprint density at radius 3 is 2.89 bits per heavy atom. The predicted octanol–water partition coefficient (Wildman–Crippen LogP) is 2.71. The second kappa shape index (κ2) is 7.88. The number of thioether (sulfide) groups is 1. The molecule has 4 rings (SSSR count). The van der Waals surface area contributed by atoms with Crippen LogP contribution in [0.3, 0.4) is 0 Å². The van der Waals surface area contributed by atoms with E-state index in [9.17, 15) is 13.2 Å². The second-order valence-electron chi connectivity index (χ2n) is 6.97. The van der Waals surface area contributed by atoms with E-state index in [-0.39, 0.29) is 28.7 Å². The Bertz CT molecular complexity index is 1030. The van der Waals surface area contributed by atoms with E-state index in [0.717, 1.165) is 17.3 Å². The molecule has 2 aliphatic heterocycles. The van der Waals surface area contributed by atoms with Gasteiger partial charge in [-0.1, -0.05) is 17.8 Å². The molecule has 0 spiro atoms. The van der Waals surface area contributed by atoms with Crippen molar-refractivity contribution < 1.29 is 13.2 Å². The number of sulfone groups is 1. The third-order valence-electron chi connectivity index (χ3n) is 4.80. The summed E-state index contributed by atoms with van der Waals surface area (Å²) in [7, 11) is -2.96. The van der Waals surface area contributed by atoms with Gasteiger partial charge in [0.05, 0.1) is 17.5 Å². The molecule has 2 aromatic rings. The van der Waals surface area contributed by atoms with Crippen molar-refractivity contribution in [1.82, 2.24) is 5.32 Å². The zero-order chi connectivity index (χ0) is 19.7. The highest BCUT2D eigenvalue weighted by Crippen LogP contribution is 2.34. The number of rotatable bonds is 5. The van der Waals surface area contributed by atoms with Crippen molar-refractivity contribution in [2.45, 2.75) is 24.6 Å². The van der Waals surface area contributed by atoms with Gasteiger partial charge in [-0.25, -0.2) is 8.42 Å². The van der Waals surface area contributed by atoms with Crippen molar-refractivity contribution in [3.63, 3.8) is 0 Å². The summed E-state index contributed by atoms with van der Waals surface area (Å²) >= 11 is 3.18. The molecular weight excluding hydrogens is 414 g/mol. The fourth-order valence-corrected chi connectivity index (χ4v) is 7.92. The molecule has 148 valence electrons. The van der Waals surface area contributed by atoms with Crippen molar-refractivity contribution in [3.8, 4) is 0 Å². The first-order chi connectivity index (χ1) is 13.4. The van der Waals surface area contributed by atoms with Crippen LogP contribution in [-0.4, -0.2) is 48.8 Å². The van der Waals surface area contributed by atoms with Crippen molar-refractivity contribution in [2.24, 2.45) is 4.99 Å². The minimum absolute atomic E-state index is 0.000287. The molecule has 1 aromatic heterocycles. The van der Waals surface area contributed by atoms with Gasteiger partial charge in [0, 0.05) is 27.9 Å². The summed E-state index contributed by atoms with van der Waals surface area (Å²) in [5.74, 6) is 0.201. The highest BCUT2D eigenvalue weighted by Gasteiger charge is 2.42. The predicted molar refractivity (Wildman–Crippen MR) is 116 cm³/mol. The van der Waals surface area contributed by atoms with Crippen LogP contribution in [0.25, 0.3) is 0 Å². The first kappa shape index (κ1) is 19.5. The molecule has 0 unspecified atom stereocenters. The Hall–Kier alpha value is -1.84. The molecule has 1 amide bonds. The summed E-state index contributed by atoms with van der Waals surface area (Å²) < 4.78 is 23.3. The van der Waals surface area contributed by atoms with Crippen molar-refractivity contribution in [3.05, 3.63) is 51.7 Å². The number of aryl methyl sites for hydroxylation is 1. The molecule has 1 fully saturated rings. The van der Waals surface area contributed by atoms with Crippen LogP contribution >= 0.6 is 23.1 Å². The topological polar surface area (TPSA) is 87.6 Å². The number of fused-ring (bicyclic) bond motifs is 1. The summed E-state index contributed by atoms with van der Waals surface area (Å²) in [6, 6.07) is 9.20. The van der Waals surface area contributed by atoms with Gasteiger partial charge in [0.25, 0.3) is 5.91 Å². The molecular formula is C19H21N3O3S3. The van der Waals surface area contributed by atoms with Gasteiger partial charge >= 0.3 is 0 Å². The lowest BCUT2D eigenvalue weighted by Gasteiger charge is -2.09. The molecule has 9 heteroatoms. The minimum Gasteiger partial charge on any atom is -0.352 e. The third-order valence-corrected chi connectivity index (χ3v) is 9.02. The van der Waals surface area contributed by atoms with Crippen molar-refractivity contribution in [1.29, 1.82) is 0 Å². The van der Waals surface area contributed by atoms with Crippen molar-refractivity contribution in [2.75, 3.05) is 23.4 Å². The highest BCUT2D eigenvalue weighted by molar-refractivity contribution is 8.15. The van der Waals surface area contributed by atoms with Gasteiger partial charge < -0.3 is 10.6 Å². The van der Waals surface area contributed by atoms with Crippen LogP contribution in [0.4, 0.5) is 5.69 Å². The fraction of sp³-hybridized carbons (Fsp3) is 0.368. The number of nitrogens with one attached hydrogen (secondary N) is 2. The molecule has 6 nitrogen and oxygen atoms in total. The van der Waals surface area contributed by atoms with E-state index in [2.05, 4.69) is 34.0 Å². The van der Waals surface area contributed by atoms with Gasteiger partial charge in [-0.15, -0.1) is 11.3 Å². The number of hydrogen-bond acceptors (Lipinski definition) is 7. The first-order valence-corrected chi connectivity index (χ1v) is 12.6. The summed E-state index contributed by atoms with van der Waals surface area (Å²) in [4.78, 5) is 18.2. The number of amidine groups is 1. The fourth-order valence-electron chi connectivity index (χ4n) is 3.33. The molecule has 1 saturated heterocycles. The van der Waals surface area contributed by atoms with E-state index in [4.69, 9.17) is 0 Å². The summed E-state index contributed by atoms with van der Waals surface area (Å²) in [5, 5.41) is 8.96. The maximum absolute atomic E-state index is 12.4. The second-order valence-corrected chi connectivity index (χ2v) is 11.4. The van der Waals surface area contributed by atoms with E-state index in [0.29, 0.717) is 12.1 Å². The Kier molecular flexibility index (Phi) is 5.48.